The number of rotatable bonds is 3. The minimum atomic E-state index is -1.52. The van der Waals surface area contributed by atoms with Crippen molar-refractivity contribution in [2.24, 2.45) is 0 Å². The fourth-order valence-electron chi connectivity index (χ4n) is 0.510. The van der Waals surface area contributed by atoms with Gasteiger partial charge in [0, 0.05) is 12.7 Å². The van der Waals surface area contributed by atoms with Gasteiger partial charge in [-0.15, -0.1) is 25.3 Å². The number of thiol groups is 3. The Kier molecular flexibility index (Phi) is 4.69. The SMILES string of the molecule is CC(=O)N[C@@H](CS)C(O)(S)S. The first-order valence-corrected chi connectivity index (χ1v) is 4.45. The number of hydrogen-bond donors (Lipinski definition) is 5. The van der Waals surface area contributed by atoms with Crippen LogP contribution in [0.5, 0.6) is 0 Å². The highest BCUT2D eigenvalue weighted by Crippen LogP contribution is 2.20. The number of carbonyl (C=O) groups excluding carboxylic acids is 1. The van der Waals surface area contributed by atoms with Gasteiger partial charge in [-0.25, -0.2) is 0 Å². The first-order chi connectivity index (χ1) is 4.88. The first-order valence-electron chi connectivity index (χ1n) is 2.93. The third-order valence-electron chi connectivity index (χ3n) is 1.03. The average Bonchev–Trinajstić information content (AvgIpc) is 1.79. The van der Waals surface area contributed by atoms with Crippen molar-refractivity contribution in [2.45, 2.75) is 17.2 Å². The van der Waals surface area contributed by atoms with E-state index in [1.807, 2.05) is 0 Å². The minimum absolute atomic E-state index is 0.245. The van der Waals surface area contributed by atoms with E-state index in [0.717, 1.165) is 0 Å². The highest BCUT2D eigenvalue weighted by molar-refractivity contribution is 8.00. The van der Waals surface area contributed by atoms with E-state index in [9.17, 15) is 9.90 Å². The summed E-state index contributed by atoms with van der Waals surface area (Å²) in [6.45, 7) is 1.35. The molecular formula is C5H11NO2S3. The highest BCUT2D eigenvalue weighted by Gasteiger charge is 2.28. The summed E-state index contributed by atoms with van der Waals surface area (Å²) < 4.78 is -1.52. The van der Waals surface area contributed by atoms with E-state index in [-0.39, 0.29) is 11.7 Å². The van der Waals surface area contributed by atoms with Crippen molar-refractivity contribution in [1.82, 2.24) is 5.32 Å². The molecule has 0 aromatic rings. The van der Waals surface area contributed by atoms with Gasteiger partial charge < -0.3 is 10.4 Å². The van der Waals surface area contributed by atoms with Crippen molar-refractivity contribution >= 4 is 43.8 Å². The molecule has 0 aromatic carbocycles. The molecule has 0 unspecified atom stereocenters. The van der Waals surface area contributed by atoms with E-state index in [1.54, 1.807) is 0 Å². The molecule has 0 aromatic heterocycles. The molecule has 0 radical (unpaired) electrons. The lowest BCUT2D eigenvalue weighted by Crippen LogP contribution is -2.47. The van der Waals surface area contributed by atoms with Crippen LogP contribution in [0.1, 0.15) is 6.92 Å². The Morgan fingerprint density at radius 1 is 1.73 bits per heavy atom. The zero-order valence-corrected chi connectivity index (χ0v) is 8.66. The van der Waals surface area contributed by atoms with Gasteiger partial charge in [0.2, 0.25) is 5.91 Å². The number of carbonyl (C=O) groups is 1. The van der Waals surface area contributed by atoms with Gasteiger partial charge in [0.25, 0.3) is 0 Å². The largest absolute Gasteiger partial charge is 0.369 e. The maximum absolute atomic E-state index is 10.5. The highest BCUT2D eigenvalue weighted by atomic mass is 32.2. The van der Waals surface area contributed by atoms with Crippen molar-refractivity contribution in [3.05, 3.63) is 0 Å². The molecule has 0 heterocycles. The van der Waals surface area contributed by atoms with Gasteiger partial charge in [-0.05, 0) is 0 Å². The summed E-state index contributed by atoms with van der Waals surface area (Å²) >= 11 is 11.4. The standard InChI is InChI=1S/C5H11NO2S3/c1-3(7)6-4(2-9)5(8,10)11/h4,8-11H,2H2,1H3,(H,6,7)/t4-/m0/s1. The quantitative estimate of drug-likeness (QED) is 0.337. The smallest absolute Gasteiger partial charge is 0.217 e. The van der Waals surface area contributed by atoms with Crippen LogP contribution in [0.25, 0.3) is 0 Å². The Morgan fingerprint density at radius 3 is 2.27 bits per heavy atom. The normalized spacial score (nSPS) is 14.3. The summed E-state index contributed by atoms with van der Waals surface area (Å²) in [6, 6.07) is -0.560. The Morgan fingerprint density at radius 2 is 2.18 bits per heavy atom. The summed E-state index contributed by atoms with van der Waals surface area (Å²) in [7, 11) is 0. The summed E-state index contributed by atoms with van der Waals surface area (Å²) in [6.07, 6.45) is 0. The molecule has 0 bridgehead atoms. The summed E-state index contributed by atoms with van der Waals surface area (Å²) in [4.78, 5) is 10.5. The maximum atomic E-state index is 10.5. The van der Waals surface area contributed by atoms with E-state index in [2.05, 4.69) is 43.2 Å². The van der Waals surface area contributed by atoms with Gasteiger partial charge in [0.15, 0.2) is 4.27 Å². The second kappa shape index (κ2) is 4.49. The van der Waals surface area contributed by atoms with Gasteiger partial charge in [0.1, 0.15) is 0 Å². The van der Waals surface area contributed by atoms with Crippen molar-refractivity contribution in [3.63, 3.8) is 0 Å². The van der Waals surface area contributed by atoms with Crippen LogP contribution < -0.4 is 5.32 Å². The molecule has 0 spiro atoms. The molecular weight excluding hydrogens is 202 g/mol. The van der Waals surface area contributed by atoms with Gasteiger partial charge in [0.05, 0.1) is 6.04 Å². The molecule has 0 aliphatic rings. The van der Waals surface area contributed by atoms with Crippen molar-refractivity contribution in [2.75, 3.05) is 5.75 Å². The molecule has 66 valence electrons. The monoisotopic (exact) mass is 213 g/mol. The van der Waals surface area contributed by atoms with Crippen LogP contribution in [0, 0.1) is 0 Å². The van der Waals surface area contributed by atoms with Crippen molar-refractivity contribution < 1.29 is 9.90 Å². The molecule has 0 fully saturated rings. The van der Waals surface area contributed by atoms with Gasteiger partial charge in [-0.3, -0.25) is 4.79 Å². The molecule has 1 amide bonds. The number of nitrogens with one attached hydrogen (secondary N) is 1. The summed E-state index contributed by atoms with van der Waals surface area (Å²) in [5.74, 6) is 0.0360. The topological polar surface area (TPSA) is 49.3 Å². The van der Waals surface area contributed by atoms with E-state index in [0.29, 0.717) is 0 Å². The average molecular weight is 213 g/mol. The molecule has 0 aliphatic heterocycles. The lowest BCUT2D eigenvalue weighted by Gasteiger charge is -2.26. The van der Waals surface area contributed by atoms with Gasteiger partial charge in [-0.1, -0.05) is 0 Å². The van der Waals surface area contributed by atoms with Crippen molar-refractivity contribution in [1.29, 1.82) is 0 Å². The van der Waals surface area contributed by atoms with Crippen LogP contribution in [0.4, 0.5) is 0 Å². The lowest BCUT2D eigenvalue weighted by molar-refractivity contribution is -0.120. The van der Waals surface area contributed by atoms with Gasteiger partial charge >= 0.3 is 0 Å². The molecule has 3 nitrogen and oxygen atoms in total. The third kappa shape index (κ3) is 4.84. The number of hydrogen-bond acceptors (Lipinski definition) is 5. The zero-order chi connectivity index (χ0) is 9.07. The van der Waals surface area contributed by atoms with Crippen LogP contribution in [0.3, 0.4) is 0 Å². The summed E-state index contributed by atoms with van der Waals surface area (Å²) in [5.41, 5.74) is 0. The van der Waals surface area contributed by atoms with Crippen LogP contribution in [0.2, 0.25) is 0 Å². The Balaban J connectivity index is 4.07. The van der Waals surface area contributed by atoms with E-state index >= 15 is 0 Å². The predicted octanol–water partition coefficient (Wildman–Crippen LogP) is -0.0734. The zero-order valence-electron chi connectivity index (χ0n) is 5.98. The van der Waals surface area contributed by atoms with Crippen LogP contribution >= 0.6 is 37.9 Å². The second-order valence-electron chi connectivity index (χ2n) is 2.12. The van der Waals surface area contributed by atoms with Crippen LogP contribution in [-0.4, -0.2) is 27.1 Å². The molecule has 0 saturated carbocycles. The van der Waals surface area contributed by atoms with E-state index in [1.165, 1.54) is 6.92 Å². The first kappa shape index (κ1) is 11.5. The Labute approximate surface area is 82.2 Å². The van der Waals surface area contributed by atoms with Crippen LogP contribution in [-0.2, 0) is 4.79 Å². The molecule has 0 aliphatic carbocycles. The van der Waals surface area contributed by atoms with Crippen LogP contribution in [0.15, 0.2) is 0 Å². The molecule has 11 heavy (non-hydrogen) atoms. The number of amides is 1. The van der Waals surface area contributed by atoms with E-state index < -0.39 is 10.3 Å². The number of aliphatic hydroxyl groups is 1. The molecule has 2 N–H and O–H groups in total. The predicted molar refractivity (Wildman–Crippen MR) is 54.4 cm³/mol. The third-order valence-corrected chi connectivity index (χ3v) is 2.02. The maximum Gasteiger partial charge on any atom is 0.217 e. The molecule has 6 heteroatoms. The second-order valence-corrected chi connectivity index (χ2v) is 4.20. The fourth-order valence-corrected chi connectivity index (χ4v) is 1.47. The molecule has 0 saturated heterocycles. The summed E-state index contributed by atoms with van der Waals surface area (Å²) in [5, 5.41) is 11.6. The lowest BCUT2D eigenvalue weighted by atomic mass is 10.3. The van der Waals surface area contributed by atoms with E-state index in [4.69, 9.17) is 0 Å². The van der Waals surface area contributed by atoms with Gasteiger partial charge in [-0.2, -0.15) is 12.6 Å². The Bertz CT molecular complexity index is 145. The minimum Gasteiger partial charge on any atom is -0.369 e. The molecule has 1 atom stereocenters. The molecule has 0 rings (SSSR count). The fraction of sp³-hybridized carbons (Fsp3) is 0.800. The Hall–Kier alpha value is 0.480. The van der Waals surface area contributed by atoms with Crippen molar-refractivity contribution in [3.8, 4) is 0 Å².